The van der Waals surface area contributed by atoms with Crippen LogP contribution in [0.25, 0.3) is 0 Å². The number of anilines is 1. The maximum atomic E-state index is 12.3. The molecule has 2 aromatic carbocycles. The number of nitrogens with one attached hydrogen (secondary N) is 2. The lowest BCUT2D eigenvalue weighted by Crippen LogP contribution is -2.22. The lowest BCUT2D eigenvalue weighted by Gasteiger charge is -2.07. The molecule has 0 radical (unpaired) electrons. The third-order valence-corrected chi connectivity index (χ3v) is 4.13. The number of rotatable bonds is 6. The summed E-state index contributed by atoms with van der Waals surface area (Å²) in [6, 6.07) is 14.2. The normalized spacial score (nSPS) is 15.8. The molecule has 0 aromatic heterocycles. The van der Waals surface area contributed by atoms with Crippen LogP contribution in [0.5, 0.6) is 5.75 Å². The summed E-state index contributed by atoms with van der Waals surface area (Å²) in [6.07, 6.45) is 0.982. The quantitative estimate of drug-likeness (QED) is 0.805. The number of ether oxygens (including phenoxy) is 1. The molecule has 0 saturated heterocycles. The van der Waals surface area contributed by atoms with Crippen LogP contribution in [0.1, 0.15) is 28.4 Å². The van der Waals surface area contributed by atoms with E-state index in [0.717, 1.165) is 29.0 Å². The van der Waals surface area contributed by atoms with Crippen LogP contribution in [-0.2, 0) is 13.0 Å². The monoisotopic (exact) mass is 310 g/mol. The minimum absolute atomic E-state index is 0.126. The molecule has 0 saturated carbocycles. The Balaban J connectivity index is 1.54. The molecule has 2 N–H and O–H groups in total. The number of carbonyl (C=O) groups excluding carboxylic acids is 1. The van der Waals surface area contributed by atoms with Gasteiger partial charge in [0.1, 0.15) is 5.75 Å². The molecule has 3 rings (SSSR count). The molecular formula is C19H22N2O2. The molecule has 0 aliphatic carbocycles. The van der Waals surface area contributed by atoms with Gasteiger partial charge in [0.05, 0.1) is 13.7 Å². The van der Waals surface area contributed by atoms with E-state index in [4.69, 9.17) is 4.74 Å². The van der Waals surface area contributed by atoms with E-state index in [1.54, 1.807) is 7.11 Å². The summed E-state index contributed by atoms with van der Waals surface area (Å²) in [6.45, 7) is 3.16. The van der Waals surface area contributed by atoms with Crippen LogP contribution in [0.4, 0.5) is 5.69 Å². The molecule has 1 atom stereocenters. The second-order valence-electron chi connectivity index (χ2n) is 6.00. The van der Waals surface area contributed by atoms with Crippen molar-refractivity contribution in [3.8, 4) is 5.75 Å². The molecule has 0 fully saturated rings. The number of carbonyl (C=O) groups is 1. The van der Waals surface area contributed by atoms with Crippen molar-refractivity contribution in [1.29, 1.82) is 0 Å². The zero-order chi connectivity index (χ0) is 16.2. The predicted octanol–water partition coefficient (Wildman–Crippen LogP) is 3.02. The molecule has 1 aliphatic heterocycles. The molecule has 120 valence electrons. The van der Waals surface area contributed by atoms with Gasteiger partial charge < -0.3 is 15.4 Å². The first-order valence-electron chi connectivity index (χ1n) is 7.92. The summed E-state index contributed by atoms with van der Waals surface area (Å²) in [5.41, 5.74) is 4.30. The Morgan fingerprint density at radius 2 is 2.04 bits per heavy atom. The Morgan fingerprint density at radius 1 is 1.26 bits per heavy atom. The van der Waals surface area contributed by atoms with Gasteiger partial charge in [-0.25, -0.2) is 0 Å². The number of Topliss-reactive ketones (excluding diaryl/α,β-unsaturated/α-hetero) is 1. The summed E-state index contributed by atoms with van der Waals surface area (Å²) in [7, 11) is 1.65. The van der Waals surface area contributed by atoms with Crippen LogP contribution in [0, 0.1) is 0 Å². The number of hydrogen-bond acceptors (Lipinski definition) is 4. The summed E-state index contributed by atoms with van der Waals surface area (Å²) in [5, 5.41) is 6.61. The highest BCUT2D eigenvalue weighted by atomic mass is 16.5. The first-order chi connectivity index (χ1) is 11.2. The van der Waals surface area contributed by atoms with E-state index in [2.05, 4.69) is 17.6 Å². The first-order valence-corrected chi connectivity index (χ1v) is 7.92. The van der Waals surface area contributed by atoms with Gasteiger partial charge >= 0.3 is 0 Å². The third kappa shape index (κ3) is 3.71. The molecule has 2 aromatic rings. The Bertz CT molecular complexity index is 695. The average Bonchev–Trinajstić information content (AvgIpc) is 2.94. The molecule has 23 heavy (non-hydrogen) atoms. The Labute approximate surface area is 136 Å². The van der Waals surface area contributed by atoms with Crippen molar-refractivity contribution in [3.63, 3.8) is 0 Å². The highest BCUT2D eigenvalue weighted by Gasteiger charge is 2.18. The summed E-state index contributed by atoms with van der Waals surface area (Å²) < 4.78 is 5.13. The Morgan fingerprint density at radius 3 is 2.78 bits per heavy atom. The molecule has 0 amide bonds. The smallest absolute Gasteiger partial charge is 0.176 e. The molecule has 1 heterocycles. The van der Waals surface area contributed by atoms with Crippen molar-refractivity contribution in [2.24, 2.45) is 0 Å². The van der Waals surface area contributed by atoms with Gasteiger partial charge in [-0.1, -0.05) is 12.1 Å². The second-order valence-corrected chi connectivity index (χ2v) is 6.00. The summed E-state index contributed by atoms with van der Waals surface area (Å²) >= 11 is 0. The zero-order valence-electron chi connectivity index (χ0n) is 13.6. The van der Waals surface area contributed by atoms with Crippen LogP contribution in [0.3, 0.4) is 0 Å². The minimum Gasteiger partial charge on any atom is -0.497 e. The van der Waals surface area contributed by atoms with Crippen LogP contribution < -0.4 is 15.4 Å². The number of fused-ring (bicyclic) bond motifs is 1. The maximum Gasteiger partial charge on any atom is 0.176 e. The van der Waals surface area contributed by atoms with Crippen molar-refractivity contribution in [2.75, 3.05) is 19.0 Å². The van der Waals surface area contributed by atoms with Gasteiger partial charge in [-0.05, 0) is 54.8 Å². The van der Waals surface area contributed by atoms with Gasteiger partial charge in [-0.3, -0.25) is 4.79 Å². The third-order valence-electron chi connectivity index (χ3n) is 4.13. The molecule has 4 heteroatoms. The Kier molecular flexibility index (Phi) is 4.63. The average molecular weight is 310 g/mol. The first kappa shape index (κ1) is 15.6. The highest BCUT2D eigenvalue weighted by Crippen LogP contribution is 2.26. The predicted molar refractivity (Wildman–Crippen MR) is 92.3 cm³/mol. The second kappa shape index (κ2) is 6.84. The number of ketones is 1. The molecule has 1 unspecified atom stereocenters. The van der Waals surface area contributed by atoms with Crippen LogP contribution >= 0.6 is 0 Å². The highest BCUT2D eigenvalue weighted by molar-refractivity contribution is 5.98. The van der Waals surface area contributed by atoms with Crippen LogP contribution in [-0.4, -0.2) is 25.5 Å². The number of methoxy groups -OCH3 is 1. The van der Waals surface area contributed by atoms with Crippen LogP contribution in [0.2, 0.25) is 0 Å². The summed E-state index contributed by atoms with van der Waals surface area (Å²) in [4.78, 5) is 12.3. The lowest BCUT2D eigenvalue weighted by atomic mass is 10.0. The van der Waals surface area contributed by atoms with E-state index in [-0.39, 0.29) is 5.78 Å². The standard InChI is InChI=1S/C19H22N2O2/c1-13-9-16-10-15(5-8-18(16)21-13)19(22)12-20-11-14-3-6-17(23-2)7-4-14/h3-8,10,13,20-21H,9,11-12H2,1-2H3. The topological polar surface area (TPSA) is 50.4 Å². The Hall–Kier alpha value is -2.33. The summed E-state index contributed by atoms with van der Waals surface area (Å²) in [5.74, 6) is 0.965. The SMILES string of the molecule is COc1ccc(CNCC(=O)c2ccc3c(c2)CC(C)N3)cc1. The van der Waals surface area contributed by atoms with E-state index in [0.29, 0.717) is 19.1 Å². The maximum absolute atomic E-state index is 12.3. The number of hydrogen-bond donors (Lipinski definition) is 2. The lowest BCUT2D eigenvalue weighted by molar-refractivity contribution is 0.0990. The van der Waals surface area contributed by atoms with E-state index in [1.165, 1.54) is 5.56 Å². The van der Waals surface area contributed by atoms with Crippen molar-refractivity contribution >= 4 is 11.5 Å². The van der Waals surface area contributed by atoms with Crippen molar-refractivity contribution in [1.82, 2.24) is 5.32 Å². The van der Waals surface area contributed by atoms with Crippen LogP contribution in [0.15, 0.2) is 42.5 Å². The molecule has 0 bridgehead atoms. The molecular weight excluding hydrogens is 288 g/mol. The van der Waals surface area contributed by atoms with Gasteiger partial charge in [0.2, 0.25) is 0 Å². The van der Waals surface area contributed by atoms with Gasteiger partial charge in [-0.15, -0.1) is 0 Å². The fourth-order valence-corrected chi connectivity index (χ4v) is 2.89. The van der Waals surface area contributed by atoms with Gasteiger partial charge in [-0.2, -0.15) is 0 Å². The van der Waals surface area contributed by atoms with Gasteiger partial charge in [0, 0.05) is 23.8 Å². The molecule has 1 aliphatic rings. The zero-order valence-corrected chi connectivity index (χ0v) is 13.6. The van der Waals surface area contributed by atoms with E-state index in [1.807, 2.05) is 42.5 Å². The van der Waals surface area contributed by atoms with Crippen molar-refractivity contribution < 1.29 is 9.53 Å². The largest absolute Gasteiger partial charge is 0.497 e. The molecule has 0 spiro atoms. The fourth-order valence-electron chi connectivity index (χ4n) is 2.89. The van der Waals surface area contributed by atoms with Gasteiger partial charge in [0.15, 0.2) is 5.78 Å². The van der Waals surface area contributed by atoms with Crippen molar-refractivity contribution in [2.45, 2.75) is 25.9 Å². The van der Waals surface area contributed by atoms with E-state index in [9.17, 15) is 4.79 Å². The minimum atomic E-state index is 0.126. The van der Waals surface area contributed by atoms with Crippen molar-refractivity contribution in [3.05, 3.63) is 59.2 Å². The van der Waals surface area contributed by atoms with Gasteiger partial charge in [0.25, 0.3) is 0 Å². The van der Waals surface area contributed by atoms with E-state index < -0.39 is 0 Å². The fraction of sp³-hybridized carbons (Fsp3) is 0.316. The number of benzene rings is 2. The molecule has 4 nitrogen and oxygen atoms in total. The van der Waals surface area contributed by atoms with E-state index >= 15 is 0 Å².